The molecule has 0 aromatic heterocycles. The highest BCUT2D eigenvalue weighted by atomic mass is 32.2. The molecule has 166 valence electrons. The molecular formula is C22H18F2N2O5S. The van der Waals surface area contributed by atoms with Gasteiger partial charge in [0.25, 0.3) is 5.91 Å². The van der Waals surface area contributed by atoms with E-state index in [1.165, 1.54) is 29.2 Å². The van der Waals surface area contributed by atoms with Crippen LogP contribution in [0.2, 0.25) is 0 Å². The summed E-state index contributed by atoms with van der Waals surface area (Å²) >= 11 is 1.13. The van der Waals surface area contributed by atoms with Crippen molar-refractivity contribution in [3.8, 4) is 11.5 Å². The Morgan fingerprint density at radius 1 is 1.12 bits per heavy atom. The number of halogens is 2. The number of cyclic esters (lactones) is 1. The molecular weight excluding hydrogens is 442 g/mol. The summed E-state index contributed by atoms with van der Waals surface area (Å²) in [5, 5.41) is -0.174. The molecule has 1 fully saturated rings. The number of amides is 1. The summed E-state index contributed by atoms with van der Waals surface area (Å²) in [5.74, 6) is -0.123. The molecule has 32 heavy (non-hydrogen) atoms. The number of alkyl halides is 2. The third-order valence-electron chi connectivity index (χ3n) is 4.70. The molecule has 0 N–H and O–H groups in total. The lowest BCUT2D eigenvalue weighted by molar-refractivity contribution is -0.137. The van der Waals surface area contributed by atoms with Crippen LogP contribution >= 0.6 is 11.8 Å². The molecule has 0 bridgehead atoms. The third-order valence-corrected chi connectivity index (χ3v) is 5.90. The molecule has 2 aliphatic rings. The molecule has 0 aliphatic carbocycles. The normalized spacial score (nSPS) is 19.5. The smallest absolute Gasteiger partial charge is 0.387 e. The zero-order valence-corrected chi connectivity index (χ0v) is 17.7. The van der Waals surface area contributed by atoms with E-state index >= 15 is 0 Å². The number of amidine groups is 1. The molecule has 2 heterocycles. The second-order valence-electron chi connectivity index (χ2n) is 6.77. The first kappa shape index (κ1) is 21.8. The number of carbonyl (C=O) groups excluding carboxylic acids is 2. The molecule has 0 radical (unpaired) electrons. The van der Waals surface area contributed by atoms with Gasteiger partial charge in [0.05, 0.1) is 19.4 Å². The number of benzene rings is 2. The van der Waals surface area contributed by atoms with Gasteiger partial charge in [-0.15, -0.1) is 0 Å². The molecule has 2 aromatic rings. The number of rotatable bonds is 6. The van der Waals surface area contributed by atoms with E-state index < -0.39 is 17.8 Å². The van der Waals surface area contributed by atoms with E-state index in [4.69, 9.17) is 9.47 Å². The predicted molar refractivity (Wildman–Crippen MR) is 116 cm³/mol. The number of hydrogen-bond donors (Lipinski definition) is 0. The number of thioether (sulfide) groups is 1. The van der Waals surface area contributed by atoms with Gasteiger partial charge in [0, 0.05) is 6.42 Å². The number of carbonyl (C=O) groups is 2. The van der Waals surface area contributed by atoms with Gasteiger partial charge in [-0.25, -0.2) is 4.99 Å². The minimum Gasteiger partial charge on any atom is -0.497 e. The van der Waals surface area contributed by atoms with Crippen molar-refractivity contribution >= 4 is 40.6 Å². The second kappa shape index (κ2) is 9.39. The first-order valence-electron chi connectivity index (χ1n) is 9.61. The largest absolute Gasteiger partial charge is 0.497 e. The van der Waals surface area contributed by atoms with Gasteiger partial charge in [0.15, 0.2) is 5.17 Å². The number of hydrogen-bond acceptors (Lipinski definition) is 7. The number of methoxy groups -OCH3 is 1. The zero-order valence-electron chi connectivity index (χ0n) is 16.9. The summed E-state index contributed by atoms with van der Waals surface area (Å²) in [4.78, 5) is 31.0. The third kappa shape index (κ3) is 4.75. The van der Waals surface area contributed by atoms with E-state index in [0.29, 0.717) is 29.6 Å². The Morgan fingerprint density at radius 2 is 1.81 bits per heavy atom. The van der Waals surface area contributed by atoms with Gasteiger partial charge in [-0.3, -0.25) is 14.5 Å². The number of anilines is 1. The van der Waals surface area contributed by atoms with Crippen molar-refractivity contribution in [2.24, 2.45) is 4.99 Å². The van der Waals surface area contributed by atoms with Crippen molar-refractivity contribution in [1.82, 2.24) is 0 Å². The predicted octanol–water partition coefficient (Wildman–Crippen LogP) is 4.09. The number of nitrogens with zero attached hydrogens (tertiary/aromatic N) is 2. The van der Waals surface area contributed by atoms with Crippen LogP contribution in [-0.4, -0.2) is 42.6 Å². The van der Waals surface area contributed by atoms with E-state index in [1.54, 1.807) is 37.5 Å². The van der Waals surface area contributed by atoms with Gasteiger partial charge in [-0.05, 0) is 48.0 Å². The summed E-state index contributed by atoms with van der Waals surface area (Å²) in [5.41, 5.74) is 1.33. The van der Waals surface area contributed by atoms with Gasteiger partial charge in [-0.1, -0.05) is 23.9 Å². The molecule has 0 unspecified atom stereocenters. The second-order valence-corrected chi connectivity index (χ2v) is 7.94. The van der Waals surface area contributed by atoms with Gasteiger partial charge >= 0.3 is 12.6 Å². The fourth-order valence-electron chi connectivity index (χ4n) is 3.15. The summed E-state index contributed by atoms with van der Waals surface area (Å²) in [6, 6.07) is 12.7. The molecule has 10 heteroatoms. The van der Waals surface area contributed by atoms with Crippen molar-refractivity contribution < 1.29 is 32.6 Å². The van der Waals surface area contributed by atoms with Gasteiger partial charge in [-0.2, -0.15) is 8.78 Å². The summed E-state index contributed by atoms with van der Waals surface area (Å²) in [6.07, 6.45) is 2.13. The quantitative estimate of drug-likeness (QED) is 0.478. The fourth-order valence-corrected chi connectivity index (χ4v) is 4.23. The Kier molecular flexibility index (Phi) is 6.40. The number of ether oxygens (including phenoxy) is 3. The summed E-state index contributed by atoms with van der Waals surface area (Å²) < 4.78 is 39.4. The van der Waals surface area contributed by atoms with Crippen molar-refractivity contribution in [2.45, 2.75) is 18.3 Å². The zero-order chi connectivity index (χ0) is 22.7. The van der Waals surface area contributed by atoms with Crippen LogP contribution < -0.4 is 14.4 Å². The average Bonchev–Trinajstić information content (AvgIpc) is 3.32. The highest BCUT2D eigenvalue weighted by Crippen LogP contribution is 2.34. The first-order valence-corrected chi connectivity index (χ1v) is 10.5. The molecule has 1 atom stereocenters. The van der Waals surface area contributed by atoms with Crippen molar-refractivity contribution in [1.29, 1.82) is 0 Å². The topological polar surface area (TPSA) is 77.4 Å². The van der Waals surface area contributed by atoms with Gasteiger partial charge in [0.1, 0.15) is 22.4 Å². The Labute approximate surface area is 186 Å². The molecule has 1 amide bonds. The van der Waals surface area contributed by atoms with Crippen LogP contribution in [0.3, 0.4) is 0 Å². The van der Waals surface area contributed by atoms with Crippen LogP contribution in [0.4, 0.5) is 14.5 Å². The maximum Gasteiger partial charge on any atom is 0.387 e. The van der Waals surface area contributed by atoms with Crippen LogP contribution in [0.5, 0.6) is 11.5 Å². The highest BCUT2D eigenvalue weighted by Gasteiger charge is 2.37. The van der Waals surface area contributed by atoms with Gasteiger partial charge in [0.2, 0.25) is 0 Å². The Morgan fingerprint density at radius 3 is 2.41 bits per heavy atom. The Balaban J connectivity index is 1.65. The molecule has 2 aliphatic heterocycles. The molecule has 0 spiro atoms. The van der Waals surface area contributed by atoms with E-state index in [1.807, 2.05) is 0 Å². The van der Waals surface area contributed by atoms with Crippen LogP contribution in [0.25, 0.3) is 6.08 Å². The fraction of sp³-hybridized carbons (Fsp3) is 0.227. The van der Waals surface area contributed by atoms with Crippen molar-refractivity contribution in [2.75, 3.05) is 18.6 Å². The number of aliphatic imine (C=N–C) groups is 1. The van der Waals surface area contributed by atoms with Gasteiger partial charge < -0.3 is 14.2 Å². The lowest BCUT2D eigenvalue weighted by Gasteiger charge is -2.19. The number of esters is 1. The summed E-state index contributed by atoms with van der Waals surface area (Å²) in [7, 11) is 1.56. The van der Waals surface area contributed by atoms with Crippen molar-refractivity contribution in [3.05, 3.63) is 59.8 Å². The molecule has 0 saturated carbocycles. The summed E-state index contributed by atoms with van der Waals surface area (Å²) in [6.45, 7) is -2.64. The van der Waals surface area contributed by atoms with Crippen LogP contribution in [0.15, 0.2) is 59.2 Å². The van der Waals surface area contributed by atoms with E-state index in [2.05, 4.69) is 9.73 Å². The van der Waals surface area contributed by atoms with E-state index in [-0.39, 0.29) is 17.4 Å². The lowest BCUT2D eigenvalue weighted by atomic mass is 10.2. The molecule has 4 rings (SSSR count). The monoisotopic (exact) mass is 460 g/mol. The minimum atomic E-state index is -2.95. The molecule has 1 saturated heterocycles. The van der Waals surface area contributed by atoms with Crippen molar-refractivity contribution in [3.63, 3.8) is 0 Å². The Bertz CT molecular complexity index is 1070. The lowest BCUT2D eigenvalue weighted by Crippen LogP contribution is -2.32. The van der Waals surface area contributed by atoms with Crippen LogP contribution in [-0.2, 0) is 14.3 Å². The maximum absolute atomic E-state index is 13.2. The standard InChI is InChI=1S/C22H18F2N2O5S/c1-29-15-6-2-13(3-7-15)12-17-19(27)26(14-4-8-16(9-5-14)31-21(23)24)22(25-17)32-18-10-11-30-20(18)28/h2-9,12,18,21H,10-11H2,1H3/b17-12-/t18-/m1/s1. The maximum atomic E-state index is 13.2. The SMILES string of the molecule is COc1ccc(/C=C2\N=C(S[C@@H]3CCOC3=O)N(c3ccc(OC(F)F)cc3)C2=O)cc1. The van der Waals surface area contributed by atoms with E-state index in [9.17, 15) is 18.4 Å². The molecule has 2 aromatic carbocycles. The molecule has 7 nitrogen and oxygen atoms in total. The van der Waals surface area contributed by atoms with E-state index in [0.717, 1.165) is 17.3 Å². The first-order chi connectivity index (χ1) is 15.4. The van der Waals surface area contributed by atoms with Crippen LogP contribution in [0.1, 0.15) is 12.0 Å². The average molecular weight is 460 g/mol. The minimum absolute atomic E-state index is 0.0325. The Hall–Kier alpha value is -3.40. The van der Waals surface area contributed by atoms with Crippen LogP contribution in [0, 0.1) is 0 Å². The highest BCUT2D eigenvalue weighted by molar-refractivity contribution is 8.15.